The Morgan fingerprint density at radius 3 is 2.70 bits per heavy atom. The minimum absolute atomic E-state index is 0.102. The molecule has 0 unspecified atom stereocenters. The lowest BCUT2D eigenvalue weighted by Gasteiger charge is -2.06. The standard InChI is InChI=1S/C20H14N4O5S/c25-18(22-13-5-7-14(8-6-13)24(28)29)11-23-19(26)17(30-20(23)27)9-12-10-21-16-4-2-1-3-15(12)16/h1-10,26H,11H2,(H,22,25)/b12-9-. The number of benzene rings is 2. The average Bonchev–Trinajstić information content (AvgIpc) is 3.25. The Kier molecular flexibility index (Phi) is 4.98. The Balaban J connectivity index is 1.52. The summed E-state index contributed by atoms with van der Waals surface area (Å²) in [6.07, 6.45) is 3.31. The Hall–Kier alpha value is -4.05. The molecule has 2 heterocycles. The van der Waals surface area contributed by atoms with Crippen LogP contribution in [0.5, 0.6) is 5.88 Å². The van der Waals surface area contributed by atoms with E-state index in [0.29, 0.717) is 10.6 Å². The van der Waals surface area contributed by atoms with E-state index in [1.807, 2.05) is 24.3 Å². The van der Waals surface area contributed by atoms with Crippen LogP contribution in [-0.4, -0.2) is 26.7 Å². The van der Waals surface area contributed by atoms with Gasteiger partial charge < -0.3 is 10.4 Å². The first-order valence-electron chi connectivity index (χ1n) is 8.74. The summed E-state index contributed by atoms with van der Waals surface area (Å²) < 4.78 is 0.968. The second-order valence-electron chi connectivity index (χ2n) is 6.37. The van der Waals surface area contributed by atoms with E-state index in [0.717, 1.165) is 32.7 Å². The largest absolute Gasteiger partial charge is 0.493 e. The molecule has 1 aliphatic heterocycles. The Bertz CT molecular complexity index is 1270. The summed E-state index contributed by atoms with van der Waals surface area (Å²) in [5.41, 5.74) is 2.69. The van der Waals surface area contributed by atoms with Gasteiger partial charge in [-0.15, -0.1) is 0 Å². The molecule has 2 N–H and O–H groups in total. The highest BCUT2D eigenvalue weighted by Crippen LogP contribution is 2.34. The fourth-order valence-corrected chi connectivity index (χ4v) is 3.79. The molecule has 0 atom stereocenters. The number of allylic oxidation sites excluding steroid dienone is 1. The topological polar surface area (TPSA) is 127 Å². The molecule has 0 fully saturated rings. The molecule has 0 saturated carbocycles. The molecule has 0 spiro atoms. The molecule has 1 aromatic heterocycles. The Morgan fingerprint density at radius 2 is 1.97 bits per heavy atom. The van der Waals surface area contributed by atoms with Crippen LogP contribution in [0.3, 0.4) is 0 Å². The van der Waals surface area contributed by atoms with Gasteiger partial charge in [-0.2, -0.15) is 0 Å². The predicted molar refractivity (Wildman–Crippen MR) is 114 cm³/mol. The summed E-state index contributed by atoms with van der Waals surface area (Å²) in [4.78, 5) is 38.8. The number of para-hydroxylation sites is 1. The molecule has 30 heavy (non-hydrogen) atoms. The van der Waals surface area contributed by atoms with Crippen LogP contribution in [-0.2, 0) is 11.3 Å². The quantitative estimate of drug-likeness (QED) is 0.481. The number of carbonyl (C=O) groups is 1. The van der Waals surface area contributed by atoms with Crippen molar-refractivity contribution in [1.82, 2.24) is 4.57 Å². The number of hydrogen-bond acceptors (Lipinski definition) is 7. The van der Waals surface area contributed by atoms with Gasteiger partial charge in [-0.1, -0.05) is 29.5 Å². The van der Waals surface area contributed by atoms with Crippen LogP contribution in [0.1, 0.15) is 10.4 Å². The van der Waals surface area contributed by atoms with Crippen molar-refractivity contribution in [2.45, 2.75) is 6.54 Å². The number of thiazole rings is 1. The molecular formula is C20H14N4O5S. The molecule has 3 aromatic rings. The molecule has 0 saturated heterocycles. The van der Waals surface area contributed by atoms with E-state index in [2.05, 4.69) is 10.3 Å². The van der Waals surface area contributed by atoms with Crippen molar-refractivity contribution < 1.29 is 14.8 Å². The monoisotopic (exact) mass is 422 g/mol. The minimum atomic E-state index is -0.550. The molecule has 0 bridgehead atoms. The second-order valence-corrected chi connectivity index (χ2v) is 7.36. The van der Waals surface area contributed by atoms with Gasteiger partial charge in [0.15, 0.2) is 0 Å². The number of carbonyl (C=O) groups excluding carboxylic acids is 1. The third kappa shape index (κ3) is 3.76. The first-order chi connectivity index (χ1) is 14.4. The lowest BCUT2D eigenvalue weighted by atomic mass is 10.1. The van der Waals surface area contributed by atoms with Crippen molar-refractivity contribution >= 4 is 52.2 Å². The highest BCUT2D eigenvalue weighted by molar-refractivity contribution is 7.10. The van der Waals surface area contributed by atoms with Gasteiger partial charge in [0.05, 0.1) is 15.5 Å². The fourth-order valence-electron chi connectivity index (χ4n) is 2.95. The lowest BCUT2D eigenvalue weighted by Crippen LogP contribution is -2.24. The van der Waals surface area contributed by atoms with Crippen LogP contribution in [0.2, 0.25) is 0 Å². The van der Waals surface area contributed by atoms with E-state index in [4.69, 9.17) is 0 Å². The summed E-state index contributed by atoms with van der Waals surface area (Å²) in [6, 6.07) is 12.8. The number of nitro benzene ring substituents is 1. The van der Waals surface area contributed by atoms with E-state index in [9.17, 15) is 24.8 Å². The number of aromatic hydroxyl groups is 1. The average molecular weight is 422 g/mol. The number of nitro groups is 1. The maximum absolute atomic E-state index is 12.3. The SMILES string of the molecule is O=C(Cn1c(O)c(/C=C2/C=Nc3ccccc32)sc1=O)Nc1ccc([N+](=O)[O-])cc1. The molecule has 0 aliphatic carbocycles. The van der Waals surface area contributed by atoms with Crippen LogP contribution in [0, 0.1) is 10.1 Å². The number of aliphatic imine (C=N–C) groups is 1. The molecule has 4 rings (SSSR count). The molecule has 9 nitrogen and oxygen atoms in total. The van der Waals surface area contributed by atoms with Gasteiger partial charge in [0.1, 0.15) is 6.54 Å². The van der Waals surface area contributed by atoms with E-state index >= 15 is 0 Å². The number of rotatable bonds is 5. The summed E-state index contributed by atoms with van der Waals surface area (Å²) in [6.45, 7) is -0.397. The van der Waals surface area contributed by atoms with E-state index in [1.165, 1.54) is 24.3 Å². The van der Waals surface area contributed by atoms with E-state index in [1.54, 1.807) is 12.3 Å². The molecule has 150 valence electrons. The normalized spacial score (nSPS) is 13.4. The van der Waals surface area contributed by atoms with E-state index < -0.39 is 22.2 Å². The molecule has 1 amide bonds. The number of aromatic nitrogens is 1. The molecule has 10 heteroatoms. The molecular weight excluding hydrogens is 408 g/mol. The van der Waals surface area contributed by atoms with Crippen molar-refractivity contribution in [1.29, 1.82) is 0 Å². The van der Waals surface area contributed by atoms with Gasteiger partial charge in [0, 0.05) is 35.2 Å². The van der Waals surface area contributed by atoms with Gasteiger partial charge in [-0.3, -0.25) is 29.3 Å². The summed E-state index contributed by atoms with van der Waals surface area (Å²) in [5, 5.41) is 23.7. The number of nitrogens with one attached hydrogen (secondary N) is 1. The fraction of sp³-hybridized carbons (Fsp3) is 0.0500. The van der Waals surface area contributed by atoms with Crippen molar-refractivity contribution in [3.63, 3.8) is 0 Å². The van der Waals surface area contributed by atoms with Gasteiger partial charge in [0.25, 0.3) is 5.69 Å². The lowest BCUT2D eigenvalue weighted by molar-refractivity contribution is -0.384. The zero-order valence-corrected chi connectivity index (χ0v) is 16.1. The van der Waals surface area contributed by atoms with Crippen molar-refractivity contribution in [3.05, 3.63) is 78.8 Å². The van der Waals surface area contributed by atoms with Gasteiger partial charge in [-0.05, 0) is 24.3 Å². The summed E-state index contributed by atoms with van der Waals surface area (Å²) in [5.74, 6) is -0.861. The maximum atomic E-state index is 12.3. The number of amides is 1. The van der Waals surface area contributed by atoms with Crippen LogP contribution in [0.4, 0.5) is 17.1 Å². The highest BCUT2D eigenvalue weighted by atomic mass is 32.1. The van der Waals surface area contributed by atoms with Crippen molar-refractivity contribution in [3.8, 4) is 5.88 Å². The summed E-state index contributed by atoms with van der Waals surface area (Å²) in [7, 11) is 0. The second kappa shape index (κ2) is 7.76. The number of anilines is 1. The third-order valence-corrected chi connectivity index (χ3v) is 5.32. The van der Waals surface area contributed by atoms with Crippen molar-refractivity contribution in [2.75, 3.05) is 5.32 Å². The zero-order chi connectivity index (χ0) is 21.3. The van der Waals surface area contributed by atoms with Gasteiger partial charge in [0.2, 0.25) is 11.8 Å². The smallest absolute Gasteiger partial charge is 0.311 e. The summed E-state index contributed by atoms with van der Waals surface area (Å²) >= 11 is 0.820. The van der Waals surface area contributed by atoms with Crippen LogP contribution < -0.4 is 10.2 Å². The Morgan fingerprint density at radius 1 is 1.23 bits per heavy atom. The van der Waals surface area contributed by atoms with Crippen LogP contribution in [0.15, 0.2) is 58.3 Å². The highest BCUT2D eigenvalue weighted by Gasteiger charge is 2.18. The van der Waals surface area contributed by atoms with Crippen molar-refractivity contribution in [2.24, 2.45) is 4.99 Å². The third-order valence-electron chi connectivity index (χ3n) is 4.40. The Labute approximate surface area is 173 Å². The van der Waals surface area contributed by atoms with Crippen LogP contribution >= 0.6 is 11.3 Å². The number of fused-ring (bicyclic) bond motifs is 1. The van der Waals surface area contributed by atoms with Gasteiger partial charge in [-0.25, -0.2) is 0 Å². The molecule has 0 radical (unpaired) electrons. The predicted octanol–water partition coefficient (Wildman–Crippen LogP) is 3.42. The maximum Gasteiger partial charge on any atom is 0.311 e. The minimum Gasteiger partial charge on any atom is -0.493 e. The van der Waals surface area contributed by atoms with Gasteiger partial charge >= 0.3 is 4.87 Å². The van der Waals surface area contributed by atoms with E-state index in [-0.39, 0.29) is 11.6 Å². The first-order valence-corrected chi connectivity index (χ1v) is 9.56. The molecule has 1 aliphatic rings. The number of nitrogens with zero attached hydrogens (tertiary/aromatic N) is 3. The number of non-ortho nitro benzene ring substituents is 1. The zero-order valence-electron chi connectivity index (χ0n) is 15.3. The molecule has 2 aromatic carbocycles. The number of hydrogen-bond donors (Lipinski definition) is 2. The first kappa shape index (κ1) is 19.3. The van der Waals surface area contributed by atoms with Crippen LogP contribution in [0.25, 0.3) is 11.6 Å².